The molecule has 0 spiro atoms. The monoisotopic (exact) mass is 354 g/mol. The molecule has 2 fully saturated rings. The van der Waals surface area contributed by atoms with Gasteiger partial charge >= 0.3 is 22.1 Å². The second-order valence-electron chi connectivity index (χ2n) is 4.16. The van der Waals surface area contributed by atoms with Gasteiger partial charge < -0.3 is 0 Å². The van der Waals surface area contributed by atoms with Crippen LogP contribution in [0.1, 0.15) is 4.88 Å². The van der Waals surface area contributed by atoms with E-state index in [-0.39, 0.29) is 27.0 Å². The molecular weight excluding hydrogens is 340 g/mol. The van der Waals surface area contributed by atoms with Crippen molar-refractivity contribution in [3.05, 3.63) is 90.8 Å². The summed E-state index contributed by atoms with van der Waals surface area (Å²) >= 11 is 1.13. The second-order valence-corrected chi connectivity index (χ2v) is 5.25. The summed E-state index contributed by atoms with van der Waals surface area (Å²) in [4.78, 5) is 15.1. The maximum absolute atomic E-state index is 10.4. The van der Waals surface area contributed by atoms with E-state index in [4.69, 9.17) is 0 Å². The standard InChI is InChI=1S/C11H9N2O2S.C5H5.Fe/c14-13(15)11-6-5-10(16-11)8-12-7-9-3-1-2-4-9;1-2-4-5-3-1;/h1-6,8H,7H2;1-5H;/q;;+2. The Balaban J connectivity index is 0.000000344. The van der Waals surface area contributed by atoms with Gasteiger partial charge in [-0.25, -0.2) is 0 Å². The van der Waals surface area contributed by atoms with Crippen molar-refractivity contribution in [2.75, 3.05) is 6.54 Å². The third-order valence-corrected chi connectivity index (χ3v) is 3.54. The Kier molecular flexibility index (Phi) is 9.60. The summed E-state index contributed by atoms with van der Waals surface area (Å²) in [7, 11) is 0. The van der Waals surface area contributed by atoms with E-state index in [9.17, 15) is 10.1 Å². The molecule has 0 bridgehead atoms. The molecule has 2 aliphatic carbocycles. The number of hydrogen-bond acceptors (Lipinski definition) is 4. The van der Waals surface area contributed by atoms with Crippen LogP contribution in [0.15, 0.2) is 17.1 Å². The molecule has 0 unspecified atom stereocenters. The van der Waals surface area contributed by atoms with Gasteiger partial charge in [-0.3, -0.25) is 15.1 Å². The Morgan fingerprint density at radius 2 is 1.64 bits per heavy atom. The topological polar surface area (TPSA) is 55.5 Å². The molecule has 6 heteroatoms. The third-order valence-electron chi connectivity index (χ3n) is 2.57. The van der Waals surface area contributed by atoms with Crippen molar-refractivity contribution in [2.24, 2.45) is 4.99 Å². The quantitative estimate of drug-likeness (QED) is 0.360. The summed E-state index contributed by atoms with van der Waals surface area (Å²) in [5.74, 6) is 1.14. The van der Waals surface area contributed by atoms with Crippen molar-refractivity contribution in [1.82, 2.24) is 0 Å². The Bertz CT molecular complexity index is 459. The first kappa shape index (κ1) is 19.3. The molecule has 1 aromatic heterocycles. The summed E-state index contributed by atoms with van der Waals surface area (Å²) in [5, 5.41) is 10.6. The van der Waals surface area contributed by atoms with E-state index in [1.165, 1.54) is 6.07 Å². The Hall–Kier alpha value is -0.711. The maximum atomic E-state index is 10.4. The van der Waals surface area contributed by atoms with E-state index in [1.54, 1.807) is 12.3 Å². The van der Waals surface area contributed by atoms with Crippen LogP contribution >= 0.6 is 11.3 Å². The molecule has 10 radical (unpaired) electrons. The molecule has 4 nitrogen and oxygen atoms in total. The molecule has 0 aliphatic heterocycles. The van der Waals surface area contributed by atoms with Crippen molar-refractivity contribution in [1.29, 1.82) is 0 Å². The number of nitrogens with zero attached hydrogens (tertiary/aromatic N) is 2. The molecule has 2 saturated carbocycles. The average Bonchev–Trinajstić information content (AvgIpc) is 3.24. The molecule has 0 saturated heterocycles. The van der Waals surface area contributed by atoms with Crippen LogP contribution in [-0.4, -0.2) is 17.7 Å². The number of rotatable bonds is 4. The predicted molar refractivity (Wildman–Crippen MR) is 85.4 cm³/mol. The summed E-state index contributed by atoms with van der Waals surface area (Å²) < 4.78 is 0. The van der Waals surface area contributed by atoms with E-state index < -0.39 is 0 Å². The predicted octanol–water partition coefficient (Wildman–Crippen LogP) is 3.50. The zero-order valence-electron chi connectivity index (χ0n) is 11.6. The van der Waals surface area contributed by atoms with E-state index in [0.29, 0.717) is 6.54 Å². The van der Waals surface area contributed by atoms with Gasteiger partial charge in [-0.15, -0.1) is 0 Å². The minimum absolute atomic E-state index is 0. The van der Waals surface area contributed by atoms with Crippen LogP contribution in [0, 0.1) is 73.8 Å². The normalized spacial score (nSPS) is 18.0. The van der Waals surface area contributed by atoms with Crippen LogP contribution in [0.4, 0.5) is 5.00 Å². The number of aliphatic imine (C=N–C) groups is 1. The van der Waals surface area contributed by atoms with Crippen LogP contribution in [-0.2, 0) is 17.1 Å². The molecule has 0 N–H and O–H groups in total. The summed E-state index contributed by atoms with van der Waals surface area (Å²) in [5.41, 5.74) is 0. The van der Waals surface area contributed by atoms with Crippen molar-refractivity contribution < 1.29 is 22.0 Å². The zero-order chi connectivity index (χ0) is 14.9. The fraction of sp³-hybridized carbons (Fsp3) is 0.0625. The second kappa shape index (κ2) is 10.9. The van der Waals surface area contributed by atoms with E-state index in [1.807, 2.05) is 57.8 Å². The Morgan fingerprint density at radius 1 is 1.05 bits per heavy atom. The first-order valence-corrected chi connectivity index (χ1v) is 7.18. The van der Waals surface area contributed by atoms with Crippen molar-refractivity contribution in [3.63, 3.8) is 0 Å². The maximum Gasteiger partial charge on any atom is 2.00 e. The van der Waals surface area contributed by atoms with Gasteiger partial charge in [0.1, 0.15) is 0 Å². The summed E-state index contributed by atoms with van der Waals surface area (Å²) in [6, 6.07) is 3.20. The van der Waals surface area contributed by atoms with Crippen LogP contribution in [0.2, 0.25) is 0 Å². The van der Waals surface area contributed by atoms with Crippen molar-refractivity contribution >= 4 is 22.6 Å². The van der Waals surface area contributed by atoms with Gasteiger partial charge in [0.25, 0.3) is 0 Å². The van der Waals surface area contributed by atoms with Gasteiger partial charge in [0.05, 0.1) is 9.80 Å². The fourth-order valence-corrected chi connectivity index (χ4v) is 2.31. The van der Waals surface area contributed by atoms with Crippen molar-refractivity contribution in [3.8, 4) is 0 Å². The van der Waals surface area contributed by atoms with Gasteiger partial charge in [0, 0.05) is 24.7 Å². The SMILES string of the molecule is O=[N+]([O-])c1ccc(C=NC[C]2[CH][CH][CH][CH]2)s1.[CH]1[CH][CH][CH][CH]1.[Fe+2]. The molecule has 2 aliphatic rings. The van der Waals surface area contributed by atoms with Crippen LogP contribution in [0.25, 0.3) is 0 Å². The minimum Gasteiger partial charge on any atom is -0.291 e. The van der Waals surface area contributed by atoms with Crippen molar-refractivity contribution in [2.45, 2.75) is 0 Å². The molecule has 0 atom stereocenters. The van der Waals surface area contributed by atoms with Gasteiger partial charge in [-0.1, -0.05) is 11.3 Å². The average molecular weight is 354 g/mol. The van der Waals surface area contributed by atoms with E-state index in [0.717, 1.165) is 22.1 Å². The fourth-order valence-electron chi connectivity index (χ4n) is 1.59. The zero-order valence-corrected chi connectivity index (χ0v) is 13.5. The molecule has 0 amide bonds. The van der Waals surface area contributed by atoms with Gasteiger partial charge in [-0.2, -0.15) is 0 Å². The summed E-state index contributed by atoms with van der Waals surface area (Å²) in [6.07, 6.45) is 19.6. The number of hydrogen-bond donors (Lipinski definition) is 0. The van der Waals surface area contributed by atoms with Crippen LogP contribution in [0.5, 0.6) is 0 Å². The van der Waals surface area contributed by atoms with E-state index >= 15 is 0 Å². The molecule has 1 aromatic rings. The Morgan fingerprint density at radius 3 is 2.14 bits per heavy atom. The van der Waals surface area contributed by atoms with Crippen LogP contribution < -0.4 is 0 Å². The molecular formula is C16H14FeN2O2S+2. The molecule has 22 heavy (non-hydrogen) atoms. The van der Waals surface area contributed by atoms with Crippen LogP contribution in [0.3, 0.4) is 0 Å². The van der Waals surface area contributed by atoms with Gasteiger partial charge in [-0.05, 0) is 63.9 Å². The van der Waals surface area contributed by atoms with Gasteiger partial charge in [0.15, 0.2) is 0 Å². The third kappa shape index (κ3) is 7.03. The number of nitro groups is 1. The molecule has 1 heterocycles. The Labute approximate surface area is 147 Å². The molecule has 112 valence electrons. The summed E-state index contributed by atoms with van der Waals surface area (Å²) in [6.45, 7) is 0.610. The number of thiophene rings is 1. The largest absolute Gasteiger partial charge is 2.00 e. The smallest absolute Gasteiger partial charge is 0.291 e. The first-order valence-electron chi connectivity index (χ1n) is 6.37. The first-order chi connectivity index (χ1) is 10.3. The molecule has 3 rings (SSSR count). The van der Waals surface area contributed by atoms with Gasteiger partial charge in [0.2, 0.25) is 0 Å². The minimum atomic E-state index is -0.390. The van der Waals surface area contributed by atoms with E-state index in [2.05, 4.69) is 4.99 Å². The molecule has 0 aromatic carbocycles.